The highest BCUT2D eigenvalue weighted by Crippen LogP contribution is 2.36. The fraction of sp³-hybridized carbons (Fsp3) is 0.375. The van der Waals surface area contributed by atoms with E-state index in [-0.39, 0.29) is 5.78 Å². The number of benzene rings is 1. The van der Waals surface area contributed by atoms with Gasteiger partial charge in [0, 0.05) is 23.9 Å². The Morgan fingerprint density at radius 1 is 1.16 bits per heavy atom. The first-order valence-corrected chi connectivity index (χ1v) is 6.69. The molecule has 0 saturated heterocycles. The molecule has 1 fully saturated rings. The third kappa shape index (κ3) is 2.26. The summed E-state index contributed by atoms with van der Waals surface area (Å²) in [5.74, 6) is 0.253. The number of carbonyl (C=O) groups excluding carboxylic acids is 1. The summed E-state index contributed by atoms with van der Waals surface area (Å²) in [7, 11) is 0. The standard InChI is InChI=1S/C16H17NO2/c1-11-2-3-12-10-13(4-5-15(12)17-11)16(19)8-6-14(18)7-9-16/h2-5,10,19H,6-9H2,1H3. The third-order valence-corrected chi connectivity index (χ3v) is 4.00. The van der Waals surface area contributed by atoms with E-state index in [0.717, 1.165) is 22.2 Å². The number of rotatable bonds is 1. The van der Waals surface area contributed by atoms with Crippen LogP contribution in [0.25, 0.3) is 10.9 Å². The van der Waals surface area contributed by atoms with Crippen molar-refractivity contribution in [1.82, 2.24) is 4.98 Å². The molecule has 0 spiro atoms. The van der Waals surface area contributed by atoms with Crippen molar-refractivity contribution in [2.45, 2.75) is 38.2 Å². The quantitative estimate of drug-likeness (QED) is 0.852. The first-order valence-electron chi connectivity index (χ1n) is 6.69. The van der Waals surface area contributed by atoms with Crippen LogP contribution in [0.5, 0.6) is 0 Å². The smallest absolute Gasteiger partial charge is 0.133 e. The summed E-state index contributed by atoms with van der Waals surface area (Å²) in [6, 6.07) is 9.88. The van der Waals surface area contributed by atoms with Gasteiger partial charge in [0.15, 0.2) is 0 Å². The highest BCUT2D eigenvalue weighted by atomic mass is 16.3. The second-order valence-corrected chi connectivity index (χ2v) is 5.43. The minimum absolute atomic E-state index is 0.253. The topological polar surface area (TPSA) is 50.2 Å². The van der Waals surface area contributed by atoms with Gasteiger partial charge in [-0.2, -0.15) is 0 Å². The molecule has 3 heteroatoms. The lowest BCUT2D eigenvalue weighted by molar-refractivity contribution is -0.125. The number of fused-ring (bicyclic) bond motifs is 1. The number of carbonyl (C=O) groups is 1. The van der Waals surface area contributed by atoms with Crippen molar-refractivity contribution >= 4 is 16.7 Å². The van der Waals surface area contributed by atoms with E-state index in [1.165, 1.54) is 0 Å². The first-order chi connectivity index (χ1) is 9.07. The van der Waals surface area contributed by atoms with Crippen LogP contribution in [0.15, 0.2) is 30.3 Å². The Morgan fingerprint density at radius 2 is 1.89 bits per heavy atom. The molecule has 0 aliphatic heterocycles. The van der Waals surface area contributed by atoms with E-state index in [0.29, 0.717) is 25.7 Å². The van der Waals surface area contributed by atoms with Gasteiger partial charge in [-0.1, -0.05) is 12.1 Å². The average molecular weight is 255 g/mol. The summed E-state index contributed by atoms with van der Waals surface area (Å²) < 4.78 is 0. The molecule has 19 heavy (non-hydrogen) atoms. The number of aliphatic hydroxyl groups is 1. The maximum absolute atomic E-state index is 11.3. The highest BCUT2D eigenvalue weighted by Gasteiger charge is 2.34. The van der Waals surface area contributed by atoms with Crippen LogP contribution in [-0.2, 0) is 10.4 Å². The van der Waals surface area contributed by atoms with E-state index in [2.05, 4.69) is 4.98 Å². The molecular formula is C16H17NO2. The zero-order valence-corrected chi connectivity index (χ0v) is 11.0. The number of pyridine rings is 1. The predicted molar refractivity (Wildman–Crippen MR) is 73.9 cm³/mol. The molecule has 0 amide bonds. The maximum atomic E-state index is 11.3. The highest BCUT2D eigenvalue weighted by molar-refractivity contribution is 5.81. The second kappa shape index (κ2) is 4.42. The van der Waals surface area contributed by atoms with E-state index in [4.69, 9.17) is 0 Å². The van der Waals surface area contributed by atoms with Crippen LogP contribution in [-0.4, -0.2) is 15.9 Å². The van der Waals surface area contributed by atoms with Crippen molar-refractivity contribution in [2.24, 2.45) is 0 Å². The number of aromatic nitrogens is 1. The van der Waals surface area contributed by atoms with Gasteiger partial charge in [-0.15, -0.1) is 0 Å². The van der Waals surface area contributed by atoms with Gasteiger partial charge in [0.1, 0.15) is 5.78 Å². The monoisotopic (exact) mass is 255 g/mol. The van der Waals surface area contributed by atoms with Gasteiger partial charge in [-0.3, -0.25) is 9.78 Å². The minimum Gasteiger partial charge on any atom is -0.385 e. The van der Waals surface area contributed by atoms with Crippen molar-refractivity contribution in [3.05, 3.63) is 41.6 Å². The van der Waals surface area contributed by atoms with Crippen LogP contribution in [0.3, 0.4) is 0 Å². The molecule has 1 aliphatic carbocycles. The normalized spacial score (nSPS) is 18.7. The largest absolute Gasteiger partial charge is 0.385 e. The van der Waals surface area contributed by atoms with Crippen molar-refractivity contribution in [2.75, 3.05) is 0 Å². The molecule has 2 aromatic rings. The van der Waals surface area contributed by atoms with Crippen LogP contribution < -0.4 is 0 Å². The molecule has 0 atom stereocenters. The van der Waals surface area contributed by atoms with Crippen molar-refractivity contribution in [3.63, 3.8) is 0 Å². The molecule has 1 heterocycles. The maximum Gasteiger partial charge on any atom is 0.133 e. The number of nitrogens with zero attached hydrogens (tertiary/aromatic N) is 1. The summed E-state index contributed by atoms with van der Waals surface area (Å²) in [6.45, 7) is 1.97. The Morgan fingerprint density at radius 3 is 2.63 bits per heavy atom. The Balaban J connectivity index is 2.01. The van der Waals surface area contributed by atoms with Crippen LogP contribution in [0, 0.1) is 6.92 Å². The van der Waals surface area contributed by atoms with Crippen molar-refractivity contribution in [1.29, 1.82) is 0 Å². The zero-order chi connectivity index (χ0) is 13.5. The van der Waals surface area contributed by atoms with Gasteiger partial charge in [0.05, 0.1) is 11.1 Å². The number of hydrogen-bond donors (Lipinski definition) is 1. The molecule has 98 valence electrons. The molecule has 0 radical (unpaired) electrons. The summed E-state index contributed by atoms with van der Waals surface area (Å²) in [5, 5.41) is 11.7. The van der Waals surface area contributed by atoms with Gasteiger partial charge in [0.2, 0.25) is 0 Å². The van der Waals surface area contributed by atoms with Crippen LogP contribution in [0.1, 0.15) is 36.9 Å². The molecule has 1 aromatic heterocycles. The van der Waals surface area contributed by atoms with E-state index < -0.39 is 5.60 Å². The van der Waals surface area contributed by atoms with Gasteiger partial charge >= 0.3 is 0 Å². The average Bonchev–Trinajstić information content (AvgIpc) is 2.42. The first kappa shape index (κ1) is 12.3. The summed E-state index contributed by atoms with van der Waals surface area (Å²) in [4.78, 5) is 15.8. The Kier molecular flexibility index (Phi) is 2.86. The molecule has 1 aromatic carbocycles. The Bertz CT molecular complexity index is 638. The van der Waals surface area contributed by atoms with Gasteiger partial charge in [-0.05, 0) is 43.5 Å². The Labute approximate surface area is 112 Å². The number of ketones is 1. The number of aryl methyl sites for hydroxylation is 1. The lowest BCUT2D eigenvalue weighted by Crippen LogP contribution is -2.31. The van der Waals surface area contributed by atoms with Crippen LogP contribution >= 0.6 is 0 Å². The molecule has 3 rings (SSSR count). The van der Waals surface area contributed by atoms with E-state index in [1.54, 1.807) is 0 Å². The summed E-state index contributed by atoms with van der Waals surface area (Å²) in [5.41, 5.74) is 1.98. The van der Waals surface area contributed by atoms with Gasteiger partial charge in [0.25, 0.3) is 0 Å². The van der Waals surface area contributed by atoms with Crippen LogP contribution in [0.4, 0.5) is 0 Å². The molecule has 1 N–H and O–H groups in total. The minimum atomic E-state index is -0.854. The fourth-order valence-corrected chi connectivity index (χ4v) is 2.75. The molecule has 3 nitrogen and oxygen atoms in total. The van der Waals surface area contributed by atoms with E-state index >= 15 is 0 Å². The lowest BCUT2D eigenvalue weighted by Gasteiger charge is -2.32. The number of hydrogen-bond acceptors (Lipinski definition) is 3. The van der Waals surface area contributed by atoms with Gasteiger partial charge in [-0.25, -0.2) is 0 Å². The lowest BCUT2D eigenvalue weighted by atomic mass is 9.79. The van der Waals surface area contributed by atoms with E-state index in [1.807, 2.05) is 37.3 Å². The van der Waals surface area contributed by atoms with Crippen molar-refractivity contribution in [3.8, 4) is 0 Å². The molecule has 1 aliphatic rings. The third-order valence-electron chi connectivity index (χ3n) is 4.00. The second-order valence-electron chi connectivity index (χ2n) is 5.43. The predicted octanol–water partition coefficient (Wildman–Crippen LogP) is 2.87. The SMILES string of the molecule is Cc1ccc2cc(C3(O)CCC(=O)CC3)ccc2n1. The summed E-state index contributed by atoms with van der Waals surface area (Å²) in [6.07, 6.45) is 1.99. The van der Waals surface area contributed by atoms with Crippen molar-refractivity contribution < 1.29 is 9.90 Å². The summed E-state index contributed by atoms with van der Waals surface area (Å²) >= 11 is 0. The molecule has 1 saturated carbocycles. The van der Waals surface area contributed by atoms with Crippen LogP contribution in [0.2, 0.25) is 0 Å². The molecular weight excluding hydrogens is 238 g/mol. The number of Topliss-reactive ketones (excluding diaryl/α,β-unsaturated/α-hetero) is 1. The molecule has 0 unspecified atom stereocenters. The zero-order valence-electron chi connectivity index (χ0n) is 11.0. The Hall–Kier alpha value is -1.74. The fourth-order valence-electron chi connectivity index (χ4n) is 2.75. The van der Waals surface area contributed by atoms with E-state index in [9.17, 15) is 9.90 Å². The van der Waals surface area contributed by atoms with Gasteiger partial charge < -0.3 is 5.11 Å². The molecule has 0 bridgehead atoms.